The van der Waals surface area contributed by atoms with Crippen LogP contribution in [0.1, 0.15) is 47.1 Å². The fourth-order valence-corrected chi connectivity index (χ4v) is 5.06. The fourth-order valence-electron chi connectivity index (χ4n) is 5.06. The van der Waals surface area contributed by atoms with Gasteiger partial charge >= 0.3 is 0 Å². The second-order valence-electron chi connectivity index (χ2n) is 9.60. The molecular weight excluding hydrogens is 466 g/mol. The minimum atomic E-state index is -0.151. The van der Waals surface area contributed by atoms with Gasteiger partial charge in [0.25, 0.3) is 0 Å². The summed E-state index contributed by atoms with van der Waals surface area (Å²) in [5, 5.41) is 3.54. The Bertz CT molecular complexity index is 1500. The number of hydrogen-bond donors (Lipinski definition) is 2. The zero-order chi connectivity index (χ0) is 25.4. The van der Waals surface area contributed by atoms with Crippen LogP contribution in [0.25, 0.3) is 0 Å². The number of fused-ring (bicyclic) bond motifs is 2. The fraction of sp³-hybridized carbons (Fsp3) is 0.276. The molecule has 8 nitrogen and oxygen atoms in total. The Balaban J connectivity index is 1.22. The molecule has 2 aromatic carbocycles. The quantitative estimate of drug-likeness (QED) is 0.358. The number of aromatic nitrogens is 3. The molecule has 2 N–H and O–H groups in total. The third-order valence-electron chi connectivity index (χ3n) is 6.92. The average molecular weight is 496 g/mol. The first-order chi connectivity index (χ1) is 18.0. The minimum Gasteiger partial charge on any atom is -0.456 e. The van der Waals surface area contributed by atoms with Crippen molar-refractivity contribution in [2.24, 2.45) is 0 Å². The van der Waals surface area contributed by atoms with Gasteiger partial charge in [-0.15, -0.1) is 0 Å². The highest BCUT2D eigenvalue weighted by atomic mass is 16.5. The van der Waals surface area contributed by atoms with Crippen LogP contribution in [0.2, 0.25) is 0 Å². The number of para-hydroxylation sites is 1. The van der Waals surface area contributed by atoms with Gasteiger partial charge in [-0.25, -0.2) is 0 Å². The molecule has 188 valence electrons. The lowest BCUT2D eigenvalue weighted by molar-refractivity contribution is 0.0384. The molecule has 0 saturated carbocycles. The molecule has 0 radical (unpaired) electrons. The van der Waals surface area contributed by atoms with E-state index < -0.39 is 0 Å². The predicted octanol–water partition coefficient (Wildman–Crippen LogP) is 4.92. The van der Waals surface area contributed by atoms with Crippen molar-refractivity contribution in [3.63, 3.8) is 0 Å². The van der Waals surface area contributed by atoms with Gasteiger partial charge < -0.3 is 24.7 Å². The van der Waals surface area contributed by atoms with E-state index >= 15 is 0 Å². The van der Waals surface area contributed by atoms with E-state index in [0.29, 0.717) is 13.2 Å². The lowest BCUT2D eigenvalue weighted by atomic mass is 9.95. The Kier molecular flexibility index (Phi) is 6.10. The molecule has 2 aromatic heterocycles. The van der Waals surface area contributed by atoms with E-state index in [0.717, 1.165) is 63.9 Å². The summed E-state index contributed by atoms with van der Waals surface area (Å²) in [6.07, 6.45) is 5.87. The van der Waals surface area contributed by atoms with Crippen LogP contribution in [0.15, 0.2) is 71.9 Å². The minimum absolute atomic E-state index is 0.0282. The number of anilines is 2. The van der Waals surface area contributed by atoms with Crippen LogP contribution in [0.5, 0.6) is 11.5 Å². The molecular formula is C29H29N5O3. The lowest BCUT2D eigenvalue weighted by Crippen LogP contribution is -2.39. The van der Waals surface area contributed by atoms with E-state index in [-0.39, 0.29) is 17.7 Å². The number of hydrogen-bond acceptors (Lipinski definition) is 7. The van der Waals surface area contributed by atoms with Gasteiger partial charge in [0.2, 0.25) is 5.56 Å². The molecule has 1 saturated heterocycles. The number of H-pyrrole nitrogens is 1. The predicted molar refractivity (Wildman–Crippen MR) is 143 cm³/mol. The first-order valence-electron chi connectivity index (χ1n) is 12.6. The molecule has 4 aromatic rings. The first-order valence-corrected chi connectivity index (χ1v) is 12.6. The van der Waals surface area contributed by atoms with Crippen molar-refractivity contribution in [3.8, 4) is 11.5 Å². The molecule has 0 bridgehead atoms. The van der Waals surface area contributed by atoms with Gasteiger partial charge in [-0.2, -0.15) is 0 Å². The van der Waals surface area contributed by atoms with Crippen LogP contribution in [-0.2, 0) is 11.2 Å². The van der Waals surface area contributed by atoms with Crippen molar-refractivity contribution in [1.29, 1.82) is 0 Å². The topological polar surface area (TPSA) is 92.4 Å². The summed E-state index contributed by atoms with van der Waals surface area (Å²) >= 11 is 0. The van der Waals surface area contributed by atoms with Gasteiger partial charge in [-0.05, 0) is 43.7 Å². The average Bonchev–Trinajstić information content (AvgIpc) is 2.91. The zero-order valence-electron chi connectivity index (χ0n) is 20.9. The Hall–Kier alpha value is -4.17. The SMILES string of the molecule is Cc1cncc(C(C)Nc2ccc3c(c2)Cc2cccc(C4CN(c5cc[nH]c(=O)c5)CCO4)c2O3)n1. The third-order valence-corrected chi connectivity index (χ3v) is 6.92. The molecule has 0 spiro atoms. The first kappa shape index (κ1) is 23.2. The number of ether oxygens (including phenoxy) is 2. The third kappa shape index (κ3) is 4.80. The summed E-state index contributed by atoms with van der Waals surface area (Å²) < 4.78 is 12.7. The second kappa shape index (κ2) is 9.71. The van der Waals surface area contributed by atoms with Crippen LogP contribution >= 0.6 is 0 Å². The van der Waals surface area contributed by atoms with Crippen molar-refractivity contribution in [2.75, 3.05) is 29.9 Å². The molecule has 37 heavy (non-hydrogen) atoms. The number of rotatable bonds is 5. The number of pyridine rings is 1. The molecule has 2 aliphatic heterocycles. The van der Waals surface area contributed by atoms with Gasteiger partial charge in [-0.3, -0.25) is 14.8 Å². The smallest absolute Gasteiger partial charge is 0.249 e. The highest BCUT2D eigenvalue weighted by Gasteiger charge is 2.29. The molecule has 0 aliphatic carbocycles. The number of aryl methyl sites for hydroxylation is 1. The highest BCUT2D eigenvalue weighted by molar-refractivity contribution is 5.59. The molecule has 2 unspecified atom stereocenters. The van der Waals surface area contributed by atoms with E-state index in [1.54, 1.807) is 24.7 Å². The summed E-state index contributed by atoms with van der Waals surface area (Å²) in [7, 11) is 0. The van der Waals surface area contributed by atoms with E-state index in [4.69, 9.17) is 9.47 Å². The molecule has 0 amide bonds. The Labute approximate surface area is 215 Å². The maximum Gasteiger partial charge on any atom is 0.249 e. The molecule has 1 fully saturated rings. The molecule has 2 aliphatic rings. The van der Waals surface area contributed by atoms with E-state index in [1.165, 1.54) is 0 Å². The van der Waals surface area contributed by atoms with Crippen LogP contribution < -0.4 is 20.5 Å². The number of nitrogens with one attached hydrogen (secondary N) is 2. The maximum absolute atomic E-state index is 11.8. The normalized spacial score (nSPS) is 17.4. The molecule has 6 rings (SSSR count). The number of benzene rings is 2. The Morgan fingerprint density at radius 3 is 2.92 bits per heavy atom. The summed E-state index contributed by atoms with van der Waals surface area (Å²) in [6, 6.07) is 16.1. The van der Waals surface area contributed by atoms with Crippen LogP contribution in [0.4, 0.5) is 11.4 Å². The summed E-state index contributed by atoms with van der Waals surface area (Å²) in [4.78, 5) is 25.5. The van der Waals surface area contributed by atoms with Gasteiger partial charge in [0.1, 0.15) is 17.6 Å². The van der Waals surface area contributed by atoms with E-state index in [9.17, 15) is 4.79 Å². The van der Waals surface area contributed by atoms with Crippen LogP contribution in [-0.4, -0.2) is 34.6 Å². The number of morpholine rings is 1. The van der Waals surface area contributed by atoms with Crippen molar-refractivity contribution in [3.05, 3.63) is 106 Å². The monoisotopic (exact) mass is 495 g/mol. The Morgan fingerprint density at radius 2 is 2.05 bits per heavy atom. The second-order valence-corrected chi connectivity index (χ2v) is 9.60. The lowest BCUT2D eigenvalue weighted by Gasteiger charge is -2.36. The molecule has 4 heterocycles. The summed E-state index contributed by atoms with van der Waals surface area (Å²) in [5.74, 6) is 1.73. The van der Waals surface area contributed by atoms with Gasteiger partial charge in [0, 0.05) is 60.5 Å². The largest absolute Gasteiger partial charge is 0.456 e. The molecule has 2 atom stereocenters. The van der Waals surface area contributed by atoms with Gasteiger partial charge in [0.15, 0.2) is 0 Å². The maximum atomic E-state index is 11.8. The van der Waals surface area contributed by atoms with Crippen molar-refractivity contribution in [1.82, 2.24) is 15.0 Å². The summed E-state index contributed by atoms with van der Waals surface area (Å²) in [5.41, 5.74) is 6.93. The van der Waals surface area contributed by atoms with Crippen molar-refractivity contribution < 1.29 is 9.47 Å². The standard InChI is InChI=1S/C29H29N5O3/c1-18-15-30-16-25(32-18)19(2)33-22-6-7-26-21(13-22)12-20-4-3-5-24(29(20)37-26)27-17-34(10-11-36-27)23-8-9-31-28(35)14-23/h3-9,13-16,19,27,33H,10-12,17H2,1-2H3,(H,31,35). The molecule has 8 heteroatoms. The number of nitrogens with zero attached hydrogens (tertiary/aromatic N) is 3. The van der Waals surface area contributed by atoms with Crippen molar-refractivity contribution in [2.45, 2.75) is 32.4 Å². The van der Waals surface area contributed by atoms with E-state index in [2.05, 4.69) is 56.4 Å². The zero-order valence-corrected chi connectivity index (χ0v) is 20.9. The summed E-state index contributed by atoms with van der Waals surface area (Å²) in [6.45, 7) is 6.00. The highest BCUT2D eigenvalue weighted by Crippen LogP contribution is 2.43. The Morgan fingerprint density at radius 1 is 1.14 bits per heavy atom. The van der Waals surface area contributed by atoms with Gasteiger partial charge in [0.05, 0.1) is 30.2 Å². The number of aromatic amines is 1. The van der Waals surface area contributed by atoms with Crippen LogP contribution in [0.3, 0.4) is 0 Å². The van der Waals surface area contributed by atoms with Crippen molar-refractivity contribution >= 4 is 11.4 Å². The van der Waals surface area contributed by atoms with Crippen LogP contribution in [0, 0.1) is 6.92 Å². The van der Waals surface area contributed by atoms with E-state index in [1.807, 2.05) is 25.1 Å². The van der Waals surface area contributed by atoms with Gasteiger partial charge in [-0.1, -0.05) is 18.2 Å².